The molecule has 46 heavy (non-hydrogen) atoms. The van der Waals surface area contributed by atoms with Crippen LogP contribution >= 0.6 is 0 Å². The molecule has 239 valence electrons. The van der Waals surface area contributed by atoms with Crippen LogP contribution in [-0.4, -0.2) is 18.0 Å². The Balaban J connectivity index is 0.000000191. The topological polar surface area (TPSA) is 25.8 Å². The van der Waals surface area contributed by atoms with Gasteiger partial charge in [0.2, 0.25) is 0 Å². The minimum atomic E-state index is -1.68. The minimum absolute atomic E-state index is 0. The Morgan fingerprint density at radius 1 is 0.783 bits per heavy atom. The van der Waals surface area contributed by atoms with Crippen LogP contribution in [-0.2, 0) is 32.9 Å². The van der Waals surface area contributed by atoms with Crippen LogP contribution in [0.2, 0.25) is 19.6 Å². The number of nitrogens with zero attached hydrogens (tertiary/aromatic N) is 2. The number of rotatable bonds is 8. The maximum absolute atomic E-state index is 9.05. The van der Waals surface area contributed by atoms with E-state index in [1.165, 1.54) is 18.0 Å². The predicted octanol–water partition coefficient (Wildman–Crippen LogP) is 10.1. The zero-order valence-electron chi connectivity index (χ0n) is 31.5. The van der Waals surface area contributed by atoms with Gasteiger partial charge in [-0.2, -0.15) is 0 Å². The molecule has 0 saturated heterocycles. The average molecular weight is 803 g/mol. The molecule has 0 aliphatic heterocycles. The van der Waals surface area contributed by atoms with Crippen LogP contribution in [0.5, 0.6) is 0 Å². The molecule has 2 heterocycles. The first-order chi connectivity index (χ1) is 23.3. The van der Waals surface area contributed by atoms with E-state index in [1.807, 2.05) is 111 Å². The zero-order valence-corrected chi connectivity index (χ0v) is 30.9. The first kappa shape index (κ1) is 29.0. The third-order valence-electron chi connectivity index (χ3n) is 8.88. The summed E-state index contributed by atoms with van der Waals surface area (Å²) in [7, 11) is -1.68. The number of hydrogen-bond acceptors (Lipinski definition) is 2. The molecule has 1 atom stereocenters. The molecule has 1 radical (unpaired) electrons. The third kappa shape index (κ3) is 8.21. The van der Waals surface area contributed by atoms with Crippen LogP contribution in [0, 0.1) is 35.8 Å². The van der Waals surface area contributed by atoms with Gasteiger partial charge in [0.15, 0.2) is 0 Å². The maximum atomic E-state index is 9.05. The summed E-state index contributed by atoms with van der Waals surface area (Å²) < 4.78 is 35.3. The van der Waals surface area contributed by atoms with E-state index in [0.717, 1.165) is 51.5 Å². The molecular formula is C42H46IrN2Si-2. The second-order valence-electron chi connectivity index (χ2n) is 13.8. The van der Waals surface area contributed by atoms with Gasteiger partial charge in [-0.25, -0.2) is 0 Å². The molecule has 0 amide bonds. The van der Waals surface area contributed by atoms with E-state index in [1.54, 1.807) is 6.20 Å². The molecule has 0 spiro atoms. The summed E-state index contributed by atoms with van der Waals surface area (Å²) in [6.45, 7) is 10.7. The van der Waals surface area contributed by atoms with Crippen molar-refractivity contribution < 1.29 is 25.6 Å². The van der Waals surface area contributed by atoms with Crippen LogP contribution in [0.15, 0.2) is 103 Å². The van der Waals surface area contributed by atoms with Gasteiger partial charge in [-0.05, 0) is 83.4 Å². The summed E-state index contributed by atoms with van der Waals surface area (Å²) in [5, 5.41) is 1.17. The molecule has 2 nitrogen and oxygen atoms in total. The normalized spacial score (nSPS) is 20.2. The SMILES string of the molecule is [2H]C([2H])(c1cc(-c2[c-]cccc2)ncc1-c1ccccc1)C(C)C.[2H]C([2H])(c1cc(-c2[c-]cccc2)ncc1[Si](C)(C)C)C1CC2CC1C2.[Ir]. The largest absolute Gasteiger partial charge is 0.305 e. The fraction of sp³-hybridized carbons (Fsp3) is 0.333. The Kier molecular flexibility index (Phi) is 9.55. The number of pyridine rings is 2. The molecule has 5 aromatic rings. The summed E-state index contributed by atoms with van der Waals surface area (Å²) in [5.41, 5.74) is 6.79. The van der Waals surface area contributed by atoms with Crippen molar-refractivity contribution in [2.24, 2.45) is 23.7 Å². The fourth-order valence-electron chi connectivity index (χ4n) is 6.54. The van der Waals surface area contributed by atoms with Gasteiger partial charge in [0.1, 0.15) is 0 Å². The van der Waals surface area contributed by atoms with Crippen LogP contribution in [0.3, 0.4) is 0 Å². The summed E-state index contributed by atoms with van der Waals surface area (Å²) in [6, 6.07) is 35.6. The number of aromatic nitrogens is 2. The predicted molar refractivity (Wildman–Crippen MR) is 192 cm³/mol. The van der Waals surface area contributed by atoms with E-state index in [0.29, 0.717) is 11.5 Å². The average Bonchev–Trinajstić information content (AvgIpc) is 3.73. The second kappa shape index (κ2) is 15.2. The molecule has 4 heteroatoms. The van der Waals surface area contributed by atoms with E-state index in [-0.39, 0.29) is 31.9 Å². The summed E-state index contributed by atoms with van der Waals surface area (Å²) >= 11 is 0. The van der Waals surface area contributed by atoms with Gasteiger partial charge < -0.3 is 9.97 Å². The van der Waals surface area contributed by atoms with Gasteiger partial charge in [-0.3, -0.25) is 0 Å². The molecule has 8 rings (SSSR count). The Morgan fingerprint density at radius 3 is 1.89 bits per heavy atom. The van der Waals surface area contributed by atoms with Gasteiger partial charge in [0, 0.05) is 43.5 Å². The minimum Gasteiger partial charge on any atom is -0.305 e. The summed E-state index contributed by atoms with van der Waals surface area (Å²) in [5.74, 6) is 1.37. The molecule has 2 bridgehead atoms. The van der Waals surface area contributed by atoms with E-state index in [9.17, 15) is 0 Å². The van der Waals surface area contributed by atoms with Crippen molar-refractivity contribution in [3.63, 3.8) is 0 Å². The van der Waals surface area contributed by atoms with Gasteiger partial charge in [0.05, 0.1) is 8.07 Å². The van der Waals surface area contributed by atoms with E-state index in [2.05, 4.69) is 41.7 Å². The first-order valence-electron chi connectivity index (χ1n) is 18.3. The molecule has 3 aliphatic carbocycles. The van der Waals surface area contributed by atoms with Gasteiger partial charge in [-0.1, -0.05) is 81.5 Å². The van der Waals surface area contributed by atoms with Crippen LogP contribution in [0.1, 0.15) is 49.7 Å². The Morgan fingerprint density at radius 2 is 1.37 bits per heavy atom. The van der Waals surface area contributed by atoms with Crippen molar-refractivity contribution >= 4 is 13.3 Å². The smallest absolute Gasteiger partial charge is 0.0798 e. The van der Waals surface area contributed by atoms with Gasteiger partial charge in [0.25, 0.3) is 0 Å². The van der Waals surface area contributed by atoms with Crippen molar-refractivity contribution in [2.45, 2.75) is 65.5 Å². The molecule has 3 aromatic carbocycles. The molecule has 3 aliphatic rings. The Hall–Kier alpha value is -3.17. The molecule has 3 saturated carbocycles. The van der Waals surface area contributed by atoms with Gasteiger partial charge in [-0.15, -0.1) is 71.8 Å². The Labute approximate surface area is 297 Å². The summed E-state index contributed by atoms with van der Waals surface area (Å²) in [4.78, 5) is 9.24. The van der Waals surface area contributed by atoms with Gasteiger partial charge >= 0.3 is 0 Å². The molecule has 2 aromatic heterocycles. The number of hydrogen-bond donors (Lipinski definition) is 0. The Bertz CT molecular complexity index is 1870. The van der Waals surface area contributed by atoms with Crippen LogP contribution < -0.4 is 5.19 Å². The maximum Gasteiger partial charge on any atom is 0.0798 e. The van der Waals surface area contributed by atoms with Crippen molar-refractivity contribution in [1.82, 2.24) is 9.97 Å². The summed E-state index contributed by atoms with van der Waals surface area (Å²) in [6.07, 6.45) is 4.54. The van der Waals surface area contributed by atoms with Crippen LogP contribution in [0.4, 0.5) is 0 Å². The van der Waals surface area contributed by atoms with E-state index >= 15 is 0 Å². The monoisotopic (exact) mass is 803 g/mol. The van der Waals surface area contributed by atoms with Crippen LogP contribution in [0.25, 0.3) is 33.6 Å². The van der Waals surface area contributed by atoms with E-state index in [4.69, 9.17) is 5.48 Å². The fourth-order valence-corrected chi connectivity index (χ4v) is 7.95. The standard InChI is InChI=1S/C21H26NSi.C21H20N.Ir/c1-23(2,3)21-14-22-20(16-7-5-4-6-8-16)13-19(21)12-18-11-15-9-17(18)10-15;1-16(2)13-19-14-21(18-11-7-4-8-12-18)22-15-20(19)17-9-5-3-6-10-17;/h4-7,13-15,17-18H,9-12H2,1-3H3;3-11,14-16H,13H2,1-2H3;/q2*-1;/i12D2;13D2;. The van der Waals surface area contributed by atoms with Crippen molar-refractivity contribution in [3.8, 4) is 33.6 Å². The quantitative estimate of drug-likeness (QED) is 0.115. The van der Waals surface area contributed by atoms with Crippen molar-refractivity contribution in [1.29, 1.82) is 0 Å². The van der Waals surface area contributed by atoms with Crippen molar-refractivity contribution in [3.05, 3.63) is 127 Å². The number of fused-ring (bicyclic) bond motifs is 1. The second-order valence-corrected chi connectivity index (χ2v) is 18.8. The molecular weight excluding hydrogens is 753 g/mol. The number of benzene rings is 3. The van der Waals surface area contributed by atoms with Crippen molar-refractivity contribution in [2.75, 3.05) is 0 Å². The molecule has 0 N–H and O–H groups in total. The zero-order chi connectivity index (χ0) is 35.0. The molecule has 1 unspecified atom stereocenters. The van der Waals surface area contributed by atoms with E-state index < -0.39 is 20.8 Å². The third-order valence-corrected chi connectivity index (χ3v) is 10.9. The molecule has 3 fully saturated rings. The first-order valence-corrected chi connectivity index (χ1v) is 19.8.